The summed E-state index contributed by atoms with van der Waals surface area (Å²) in [5.41, 5.74) is 2.81. The first-order valence-electron chi connectivity index (χ1n) is 16.0. The number of benzene rings is 3. The molecule has 1 aromatic heterocycles. The van der Waals surface area contributed by atoms with Crippen LogP contribution >= 0.6 is 0 Å². The molecule has 1 N–H and O–H groups in total. The second-order valence-corrected chi connectivity index (χ2v) is 14.6. The van der Waals surface area contributed by atoms with E-state index < -0.39 is 16.2 Å². The van der Waals surface area contributed by atoms with Gasteiger partial charge in [-0.3, -0.25) is 19.4 Å². The molecular formula is C35H37F3N4O6S. The second-order valence-electron chi connectivity index (χ2n) is 12.6. The first-order valence-corrected chi connectivity index (χ1v) is 17.9. The van der Waals surface area contributed by atoms with Crippen molar-refractivity contribution in [3.63, 3.8) is 0 Å². The number of nitrogens with one attached hydrogen (secondary N) is 1. The number of rotatable bonds is 9. The molecule has 2 amide bonds. The van der Waals surface area contributed by atoms with Crippen molar-refractivity contribution in [3.05, 3.63) is 95.2 Å². The van der Waals surface area contributed by atoms with E-state index in [1.165, 1.54) is 18.4 Å². The van der Waals surface area contributed by atoms with Crippen LogP contribution in [0.4, 0.5) is 13.2 Å². The summed E-state index contributed by atoms with van der Waals surface area (Å²) in [6, 6.07) is 19.5. The van der Waals surface area contributed by atoms with Gasteiger partial charge < -0.3 is 19.4 Å². The average molecular weight is 699 g/mol. The molecule has 3 aromatic carbocycles. The van der Waals surface area contributed by atoms with Gasteiger partial charge in [-0.25, -0.2) is 8.42 Å². The second kappa shape index (κ2) is 14.2. The largest absolute Gasteiger partial charge is 0.573 e. The standard InChI is InChI=1S/C35H37F3N4O6S/c1-49(45,46)30-10-4-25(5-11-30)23-41-16-18-42(19-17-41)34(44)27-7-6-26-20-32(47-31(26)21-27)33(43)39-28-12-14-40(15-13-28)22-24-2-8-29(9-3-24)48-35(36,37)38/h2-11,20-21,28H,12-19,22-23H2,1H3,(H,39,43). The third kappa shape index (κ3) is 8.99. The Morgan fingerprint density at radius 3 is 2.02 bits per heavy atom. The third-order valence-electron chi connectivity index (χ3n) is 8.89. The first kappa shape index (κ1) is 34.5. The van der Waals surface area contributed by atoms with Gasteiger partial charge in [0.25, 0.3) is 11.8 Å². The molecule has 0 unspecified atom stereocenters. The maximum absolute atomic E-state index is 13.3. The molecule has 3 heterocycles. The lowest BCUT2D eigenvalue weighted by atomic mass is 10.0. The fourth-order valence-electron chi connectivity index (χ4n) is 6.21. The average Bonchev–Trinajstić information content (AvgIpc) is 3.50. The van der Waals surface area contributed by atoms with E-state index in [2.05, 4.69) is 19.9 Å². The molecule has 0 atom stereocenters. The van der Waals surface area contributed by atoms with E-state index in [9.17, 15) is 31.2 Å². The number of carbonyl (C=O) groups is 2. The third-order valence-corrected chi connectivity index (χ3v) is 10.0. The van der Waals surface area contributed by atoms with E-state index in [1.807, 2.05) is 12.1 Å². The van der Waals surface area contributed by atoms with Gasteiger partial charge >= 0.3 is 6.36 Å². The smallest absolute Gasteiger partial charge is 0.451 e. The van der Waals surface area contributed by atoms with Crippen LogP contribution in [-0.4, -0.2) is 92.9 Å². The Labute approximate surface area is 282 Å². The van der Waals surface area contributed by atoms with Crippen LogP contribution < -0.4 is 10.1 Å². The highest BCUT2D eigenvalue weighted by Gasteiger charge is 2.31. The summed E-state index contributed by atoms with van der Waals surface area (Å²) >= 11 is 0. The number of sulfone groups is 1. The zero-order chi connectivity index (χ0) is 34.8. The lowest BCUT2D eigenvalue weighted by Gasteiger charge is -2.34. The molecule has 260 valence electrons. The minimum atomic E-state index is -4.72. The summed E-state index contributed by atoms with van der Waals surface area (Å²) in [7, 11) is -3.24. The molecule has 2 fully saturated rings. The van der Waals surface area contributed by atoms with Gasteiger partial charge in [-0.2, -0.15) is 0 Å². The predicted octanol–water partition coefficient (Wildman–Crippen LogP) is 5.09. The fraction of sp³-hybridized carbons (Fsp3) is 0.371. The van der Waals surface area contributed by atoms with Crippen LogP contribution in [0.3, 0.4) is 0 Å². The Balaban J connectivity index is 0.969. The number of amides is 2. The Hall–Kier alpha value is -4.40. The van der Waals surface area contributed by atoms with E-state index in [4.69, 9.17) is 4.42 Å². The number of fused-ring (bicyclic) bond motifs is 1. The molecule has 0 bridgehead atoms. The van der Waals surface area contributed by atoms with Crippen molar-refractivity contribution in [2.45, 2.75) is 43.2 Å². The van der Waals surface area contributed by atoms with Crippen LogP contribution in [0.15, 0.2) is 82.1 Å². The van der Waals surface area contributed by atoms with E-state index in [1.54, 1.807) is 53.4 Å². The monoisotopic (exact) mass is 698 g/mol. The van der Waals surface area contributed by atoms with Gasteiger partial charge in [-0.15, -0.1) is 13.2 Å². The summed E-state index contributed by atoms with van der Waals surface area (Å²) in [5, 5.41) is 3.76. The number of likely N-dealkylation sites (tertiary alicyclic amines) is 1. The predicted molar refractivity (Wildman–Crippen MR) is 176 cm³/mol. The Kier molecular flexibility index (Phi) is 10.00. The number of alkyl halides is 3. The molecule has 2 aliphatic rings. The molecule has 4 aromatic rings. The SMILES string of the molecule is CS(=O)(=O)c1ccc(CN2CCN(C(=O)c3ccc4cc(C(=O)NC5CCN(Cc6ccc(OC(F)(F)F)cc6)CC5)oc4c3)CC2)cc1. The summed E-state index contributed by atoms with van der Waals surface area (Å²) in [5.74, 6) is -0.527. The van der Waals surface area contributed by atoms with Gasteiger partial charge in [0.2, 0.25) is 0 Å². The van der Waals surface area contributed by atoms with Crippen molar-refractivity contribution in [1.29, 1.82) is 0 Å². The number of halogens is 3. The molecule has 0 saturated carbocycles. The van der Waals surface area contributed by atoms with E-state index in [-0.39, 0.29) is 34.3 Å². The van der Waals surface area contributed by atoms with Crippen molar-refractivity contribution in [2.75, 3.05) is 45.5 Å². The highest BCUT2D eigenvalue weighted by Crippen LogP contribution is 2.25. The maximum Gasteiger partial charge on any atom is 0.573 e. The quantitative estimate of drug-likeness (QED) is 0.258. The van der Waals surface area contributed by atoms with Gasteiger partial charge in [0, 0.05) is 75.6 Å². The summed E-state index contributed by atoms with van der Waals surface area (Å²) in [6.45, 7) is 5.12. The van der Waals surface area contributed by atoms with Gasteiger partial charge in [0.1, 0.15) is 11.3 Å². The van der Waals surface area contributed by atoms with Crippen molar-refractivity contribution in [1.82, 2.24) is 20.0 Å². The fourth-order valence-corrected chi connectivity index (χ4v) is 6.85. The lowest BCUT2D eigenvalue weighted by molar-refractivity contribution is -0.274. The van der Waals surface area contributed by atoms with Crippen LogP contribution in [0.5, 0.6) is 5.75 Å². The van der Waals surface area contributed by atoms with Crippen molar-refractivity contribution in [3.8, 4) is 5.75 Å². The molecule has 0 spiro atoms. The van der Waals surface area contributed by atoms with Crippen LogP contribution in [0, 0.1) is 0 Å². The zero-order valence-corrected chi connectivity index (χ0v) is 27.7. The number of furan rings is 1. The van der Waals surface area contributed by atoms with Crippen molar-refractivity contribution in [2.24, 2.45) is 0 Å². The lowest BCUT2D eigenvalue weighted by Crippen LogP contribution is -2.48. The maximum atomic E-state index is 13.3. The van der Waals surface area contributed by atoms with Gasteiger partial charge in [0.05, 0.1) is 4.90 Å². The van der Waals surface area contributed by atoms with Crippen LogP contribution in [-0.2, 0) is 22.9 Å². The van der Waals surface area contributed by atoms with E-state index in [0.717, 1.165) is 16.5 Å². The van der Waals surface area contributed by atoms with Gasteiger partial charge in [-0.1, -0.05) is 30.3 Å². The zero-order valence-electron chi connectivity index (χ0n) is 26.9. The highest BCUT2D eigenvalue weighted by molar-refractivity contribution is 7.90. The summed E-state index contributed by atoms with van der Waals surface area (Å²) < 4.78 is 70.5. The molecule has 0 radical (unpaired) electrons. The molecule has 0 aliphatic carbocycles. The number of hydrogen-bond acceptors (Lipinski definition) is 8. The Bertz CT molecular complexity index is 1900. The first-order chi connectivity index (χ1) is 23.3. The molecule has 6 rings (SSSR count). The van der Waals surface area contributed by atoms with Gasteiger partial charge in [-0.05, 0) is 66.4 Å². The van der Waals surface area contributed by atoms with Crippen LogP contribution in [0.1, 0.15) is 44.9 Å². The van der Waals surface area contributed by atoms with Crippen LogP contribution in [0.2, 0.25) is 0 Å². The number of carbonyl (C=O) groups excluding carboxylic acids is 2. The molecule has 2 aliphatic heterocycles. The van der Waals surface area contributed by atoms with Crippen molar-refractivity contribution >= 4 is 32.6 Å². The normalized spacial score (nSPS) is 16.9. The molecule has 10 nitrogen and oxygen atoms in total. The summed E-state index contributed by atoms with van der Waals surface area (Å²) in [4.78, 5) is 32.9. The Morgan fingerprint density at radius 1 is 0.837 bits per heavy atom. The highest BCUT2D eigenvalue weighted by atomic mass is 32.2. The molecule has 49 heavy (non-hydrogen) atoms. The minimum absolute atomic E-state index is 0.0535. The molecule has 14 heteroatoms. The minimum Gasteiger partial charge on any atom is -0.451 e. The number of nitrogens with zero attached hydrogens (tertiary/aromatic N) is 3. The van der Waals surface area contributed by atoms with E-state index >= 15 is 0 Å². The van der Waals surface area contributed by atoms with Gasteiger partial charge in [0.15, 0.2) is 15.6 Å². The number of ether oxygens (including phenoxy) is 1. The number of piperazine rings is 1. The summed E-state index contributed by atoms with van der Waals surface area (Å²) in [6.07, 6.45) is -2.12. The number of hydrogen-bond donors (Lipinski definition) is 1. The van der Waals surface area contributed by atoms with Crippen LogP contribution in [0.25, 0.3) is 11.0 Å². The molecular weight excluding hydrogens is 661 g/mol. The van der Waals surface area contributed by atoms with E-state index in [0.29, 0.717) is 76.3 Å². The Morgan fingerprint density at radius 2 is 1.43 bits per heavy atom. The number of piperidine rings is 1. The topological polar surface area (TPSA) is 112 Å². The molecule has 2 saturated heterocycles. The van der Waals surface area contributed by atoms with Crippen molar-refractivity contribution < 1.29 is 40.3 Å².